The molecule has 1 aromatic heterocycles. The van der Waals surface area contributed by atoms with Gasteiger partial charge < -0.3 is 5.32 Å². The molecule has 18 heavy (non-hydrogen) atoms. The Morgan fingerprint density at radius 2 is 2.44 bits per heavy atom. The van der Waals surface area contributed by atoms with Crippen molar-refractivity contribution >= 4 is 5.91 Å². The van der Waals surface area contributed by atoms with E-state index in [2.05, 4.69) is 21.8 Å². The molecule has 1 amide bonds. The highest BCUT2D eigenvalue weighted by Gasteiger charge is 2.16. The van der Waals surface area contributed by atoms with E-state index in [-0.39, 0.29) is 11.9 Å². The number of nitrogens with zero attached hydrogens (tertiary/aromatic N) is 2. The average molecular weight is 248 g/mol. The number of rotatable bonds is 5. The van der Waals surface area contributed by atoms with Gasteiger partial charge in [-0.3, -0.25) is 14.8 Å². The topological polar surface area (TPSA) is 59.0 Å². The molecule has 0 radical (unpaired) electrons. The van der Waals surface area contributed by atoms with Crippen LogP contribution in [0.2, 0.25) is 0 Å². The lowest BCUT2D eigenvalue weighted by Crippen LogP contribution is -2.40. The van der Waals surface area contributed by atoms with Gasteiger partial charge in [-0.15, -0.1) is 0 Å². The Bertz CT molecular complexity index is 450. The molecule has 5 heteroatoms. The predicted molar refractivity (Wildman–Crippen MR) is 70.3 cm³/mol. The molecule has 0 fully saturated rings. The van der Waals surface area contributed by atoms with Crippen molar-refractivity contribution in [2.24, 2.45) is 0 Å². The third kappa shape index (κ3) is 3.20. The third-order valence-corrected chi connectivity index (χ3v) is 3.02. The molecule has 2 rings (SSSR count). The van der Waals surface area contributed by atoms with E-state index in [0.717, 1.165) is 25.2 Å². The first-order valence-electron chi connectivity index (χ1n) is 6.35. The molecule has 0 spiro atoms. The van der Waals surface area contributed by atoms with Crippen LogP contribution >= 0.6 is 0 Å². The largest absolute Gasteiger partial charge is 0.354 e. The number of hydrogen-bond acceptors (Lipinski definition) is 3. The van der Waals surface area contributed by atoms with Crippen molar-refractivity contribution < 1.29 is 4.79 Å². The maximum absolute atomic E-state index is 11.7. The van der Waals surface area contributed by atoms with Crippen molar-refractivity contribution in [2.75, 3.05) is 13.1 Å². The number of carbonyl (C=O) groups excluding carboxylic acids is 1. The molecule has 0 saturated heterocycles. The molecular weight excluding hydrogens is 228 g/mol. The smallest absolute Gasteiger partial charge is 0.241 e. The fourth-order valence-electron chi connectivity index (χ4n) is 2.10. The molecule has 2 heterocycles. The maximum atomic E-state index is 11.7. The lowest BCUT2D eigenvalue weighted by atomic mass is 10.3. The first-order chi connectivity index (χ1) is 8.66. The zero-order valence-corrected chi connectivity index (χ0v) is 10.9. The second-order valence-corrected chi connectivity index (χ2v) is 4.61. The van der Waals surface area contributed by atoms with Gasteiger partial charge in [-0.25, -0.2) is 0 Å². The number of nitrogens with one attached hydrogen (secondary N) is 2. The first-order valence-corrected chi connectivity index (χ1v) is 6.35. The lowest BCUT2D eigenvalue weighted by Gasteiger charge is -2.10. The number of amides is 1. The molecule has 0 aromatic carbocycles. The molecule has 0 aliphatic carbocycles. The van der Waals surface area contributed by atoms with Gasteiger partial charge in [-0.1, -0.05) is 12.2 Å². The van der Waals surface area contributed by atoms with Gasteiger partial charge in [0.1, 0.15) is 6.04 Å². The minimum Gasteiger partial charge on any atom is -0.354 e. The van der Waals surface area contributed by atoms with Crippen molar-refractivity contribution in [3.63, 3.8) is 0 Å². The van der Waals surface area contributed by atoms with E-state index in [1.807, 2.05) is 30.7 Å². The van der Waals surface area contributed by atoms with Crippen LogP contribution in [0.1, 0.15) is 17.8 Å². The Morgan fingerprint density at radius 3 is 3.06 bits per heavy atom. The van der Waals surface area contributed by atoms with Crippen LogP contribution in [0.4, 0.5) is 0 Å². The van der Waals surface area contributed by atoms with Crippen LogP contribution in [-0.4, -0.2) is 34.8 Å². The highest BCUT2D eigenvalue weighted by molar-refractivity contribution is 5.84. The molecule has 2 N–H and O–H groups in total. The summed E-state index contributed by atoms with van der Waals surface area (Å²) >= 11 is 0. The van der Waals surface area contributed by atoms with Gasteiger partial charge >= 0.3 is 0 Å². The van der Waals surface area contributed by atoms with Crippen LogP contribution in [0.3, 0.4) is 0 Å². The molecule has 98 valence electrons. The highest BCUT2D eigenvalue weighted by Crippen LogP contribution is 2.02. The van der Waals surface area contributed by atoms with Crippen molar-refractivity contribution in [1.82, 2.24) is 20.4 Å². The summed E-state index contributed by atoms with van der Waals surface area (Å²) in [7, 11) is 0. The summed E-state index contributed by atoms with van der Waals surface area (Å²) in [5.74, 6) is 0.0529. The van der Waals surface area contributed by atoms with E-state index in [1.54, 1.807) is 0 Å². The maximum Gasteiger partial charge on any atom is 0.241 e. The van der Waals surface area contributed by atoms with Crippen molar-refractivity contribution in [1.29, 1.82) is 0 Å². The first kappa shape index (κ1) is 12.8. The van der Waals surface area contributed by atoms with Gasteiger partial charge in [0.05, 0.1) is 5.69 Å². The molecule has 1 aliphatic rings. The van der Waals surface area contributed by atoms with E-state index < -0.39 is 0 Å². The van der Waals surface area contributed by atoms with Crippen LogP contribution in [0, 0.1) is 13.8 Å². The van der Waals surface area contributed by atoms with Gasteiger partial charge in [0.15, 0.2) is 0 Å². The summed E-state index contributed by atoms with van der Waals surface area (Å²) in [4.78, 5) is 11.7. The monoisotopic (exact) mass is 248 g/mol. The third-order valence-electron chi connectivity index (χ3n) is 3.02. The number of aryl methyl sites for hydroxylation is 3. The molecule has 0 unspecified atom stereocenters. The fourth-order valence-corrected chi connectivity index (χ4v) is 2.10. The SMILES string of the molecule is Cc1cc(C)n(CCCNC(=O)[C@@H]2C=CCN2)n1. The van der Waals surface area contributed by atoms with Crippen molar-refractivity contribution in [3.05, 3.63) is 29.6 Å². The predicted octanol–water partition coefficient (Wildman–Crippen LogP) is 0.534. The van der Waals surface area contributed by atoms with Crippen LogP contribution in [0.25, 0.3) is 0 Å². The van der Waals surface area contributed by atoms with Crippen molar-refractivity contribution in [3.8, 4) is 0 Å². The van der Waals surface area contributed by atoms with E-state index >= 15 is 0 Å². The number of carbonyl (C=O) groups is 1. The van der Waals surface area contributed by atoms with Crippen LogP contribution in [-0.2, 0) is 11.3 Å². The second-order valence-electron chi connectivity index (χ2n) is 4.61. The minimum absolute atomic E-state index is 0.0529. The number of hydrogen-bond donors (Lipinski definition) is 2. The van der Waals surface area contributed by atoms with Gasteiger partial charge in [0.2, 0.25) is 5.91 Å². The lowest BCUT2D eigenvalue weighted by molar-refractivity contribution is -0.121. The Hall–Kier alpha value is -1.62. The highest BCUT2D eigenvalue weighted by atomic mass is 16.2. The summed E-state index contributed by atoms with van der Waals surface area (Å²) in [5, 5.41) is 10.4. The summed E-state index contributed by atoms with van der Waals surface area (Å²) in [6, 6.07) is 1.91. The molecule has 5 nitrogen and oxygen atoms in total. The van der Waals surface area contributed by atoms with E-state index in [9.17, 15) is 4.79 Å². The Balaban J connectivity index is 1.68. The van der Waals surface area contributed by atoms with Gasteiger partial charge in [0.25, 0.3) is 0 Å². The zero-order valence-electron chi connectivity index (χ0n) is 10.9. The summed E-state index contributed by atoms with van der Waals surface area (Å²) in [6.45, 7) is 6.34. The van der Waals surface area contributed by atoms with E-state index in [4.69, 9.17) is 0 Å². The average Bonchev–Trinajstić information content (AvgIpc) is 2.94. The van der Waals surface area contributed by atoms with Gasteiger partial charge in [-0.2, -0.15) is 5.10 Å². The molecule has 0 bridgehead atoms. The van der Waals surface area contributed by atoms with Crippen LogP contribution in [0.5, 0.6) is 0 Å². The molecule has 1 atom stereocenters. The second kappa shape index (κ2) is 5.82. The Kier molecular flexibility index (Phi) is 4.15. The standard InChI is InChI=1S/C13H20N4O/c1-10-9-11(2)17(16-10)8-4-7-15-13(18)12-5-3-6-14-12/h3,5,9,12,14H,4,6-8H2,1-2H3,(H,15,18)/t12-/m0/s1. The molecule has 0 saturated carbocycles. The quantitative estimate of drug-likeness (QED) is 0.590. The summed E-state index contributed by atoms with van der Waals surface area (Å²) in [6.07, 6.45) is 4.76. The molecular formula is C13H20N4O. The number of aromatic nitrogens is 2. The van der Waals surface area contributed by atoms with E-state index in [0.29, 0.717) is 6.54 Å². The fraction of sp³-hybridized carbons (Fsp3) is 0.538. The normalized spacial score (nSPS) is 18.2. The van der Waals surface area contributed by atoms with Crippen molar-refractivity contribution in [2.45, 2.75) is 32.9 Å². The Morgan fingerprint density at radius 1 is 1.61 bits per heavy atom. The molecule has 1 aromatic rings. The van der Waals surface area contributed by atoms with Gasteiger partial charge in [-0.05, 0) is 26.3 Å². The zero-order chi connectivity index (χ0) is 13.0. The van der Waals surface area contributed by atoms with Gasteiger partial charge in [0, 0.05) is 25.3 Å². The van der Waals surface area contributed by atoms with E-state index in [1.165, 1.54) is 5.69 Å². The Labute approximate surface area is 107 Å². The summed E-state index contributed by atoms with van der Waals surface area (Å²) < 4.78 is 1.98. The van der Waals surface area contributed by atoms with Crippen LogP contribution < -0.4 is 10.6 Å². The minimum atomic E-state index is -0.154. The van der Waals surface area contributed by atoms with Crippen LogP contribution in [0.15, 0.2) is 18.2 Å². The molecule has 1 aliphatic heterocycles. The summed E-state index contributed by atoms with van der Waals surface area (Å²) in [5.41, 5.74) is 2.20.